The lowest BCUT2D eigenvalue weighted by Crippen LogP contribution is -2.14. The van der Waals surface area contributed by atoms with E-state index in [4.69, 9.17) is 5.11 Å². The number of rotatable bonds is 6. The van der Waals surface area contributed by atoms with Crippen LogP contribution in [0.3, 0.4) is 0 Å². The Morgan fingerprint density at radius 1 is 1.31 bits per heavy atom. The molecule has 1 aromatic rings. The first-order valence-electron chi connectivity index (χ1n) is 5.75. The highest BCUT2D eigenvalue weighted by molar-refractivity contribution is 5.94. The lowest BCUT2D eigenvalue weighted by molar-refractivity contribution is 0.0698. The number of para-hydroxylation sites is 1. The summed E-state index contributed by atoms with van der Waals surface area (Å²) in [5.74, 6) is -0.283. The van der Waals surface area contributed by atoms with E-state index in [9.17, 15) is 4.79 Å². The van der Waals surface area contributed by atoms with Crippen LogP contribution >= 0.6 is 0 Å². The molecule has 0 radical (unpaired) electrons. The topological polar surface area (TPSA) is 49.3 Å². The minimum absolute atomic E-state index is 0.341. The molecule has 16 heavy (non-hydrogen) atoms. The molecule has 0 aliphatic carbocycles. The van der Waals surface area contributed by atoms with Crippen molar-refractivity contribution in [2.24, 2.45) is 5.92 Å². The van der Waals surface area contributed by atoms with Crippen molar-refractivity contribution in [1.82, 2.24) is 0 Å². The van der Waals surface area contributed by atoms with Crippen LogP contribution in [0.1, 0.15) is 37.0 Å². The lowest BCUT2D eigenvalue weighted by Gasteiger charge is -2.15. The molecule has 0 aromatic heterocycles. The average Bonchev–Trinajstić information content (AvgIpc) is 2.30. The molecule has 3 heteroatoms. The highest BCUT2D eigenvalue weighted by Crippen LogP contribution is 2.16. The molecular weight excluding hydrogens is 202 g/mol. The molecule has 0 heterocycles. The van der Waals surface area contributed by atoms with Crippen LogP contribution in [0.4, 0.5) is 5.69 Å². The molecule has 3 nitrogen and oxygen atoms in total. The number of carbonyl (C=O) groups is 1. The van der Waals surface area contributed by atoms with E-state index < -0.39 is 5.97 Å². The van der Waals surface area contributed by atoms with Crippen LogP contribution in [0.2, 0.25) is 0 Å². The maximum absolute atomic E-state index is 11.0. The maximum Gasteiger partial charge on any atom is 0.337 e. The third-order valence-corrected chi connectivity index (χ3v) is 2.89. The molecule has 0 fully saturated rings. The van der Waals surface area contributed by atoms with E-state index in [0.717, 1.165) is 19.4 Å². The van der Waals surface area contributed by atoms with Gasteiger partial charge in [0.2, 0.25) is 0 Å². The second-order valence-electron chi connectivity index (χ2n) is 3.91. The molecule has 0 amide bonds. The van der Waals surface area contributed by atoms with Gasteiger partial charge in [0.1, 0.15) is 0 Å². The molecule has 0 unspecified atom stereocenters. The molecule has 88 valence electrons. The number of nitrogens with one attached hydrogen (secondary N) is 1. The summed E-state index contributed by atoms with van der Waals surface area (Å²) in [5.41, 5.74) is 1.05. The Morgan fingerprint density at radius 2 is 1.94 bits per heavy atom. The van der Waals surface area contributed by atoms with Crippen LogP contribution in [-0.4, -0.2) is 17.6 Å². The molecule has 0 saturated heterocycles. The van der Waals surface area contributed by atoms with Crippen LogP contribution in [0, 0.1) is 5.92 Å². The smallest absolute Gasteiger partial charge is 0.337 e. The van der Waals surface area contributed by atoms with Gasteiger partial charge >= 0.3 is 5.97 Å². The highest BCUT2D eigenvalue weighted by atomic mass is 16.4. The Kier molecular flexibility index (Phi) is 4.83. The van der Waals surface area contributed by atoms with Crippen LogP contribution in [0.15, 0.2) is 24.3 Å². The number of aromatic carboxylic acids is 1. The Balaban J connectivity index is 2.69. The Morgan fingerprint density at radius 3 is 2.50 bits per heavy atom. The van der Waals surface area contributed by atoms with E-state index >= 15 is 0 Å². The molecule has 0 bridgehead atoms. The van der Waals surface area contributed by atoms with Crippen molar-refractivity contribution in [1.29, 1.82) is 0 Å². The highest BCUT2D eigenvalue weighted by Gasteiger charge is 2.09. The second kappa shape index (κ2) is 6.16. The molecule has 0 spiro atoms. The van der Waals surface area contributed by atoms with Gasteiger partial charge in [-0.15, -0.1) is 0 Å². The first-order valence-corrected chi connectivity index (χ1v) is 5.75. The molecular formula is C13H19NO2. The van der Waals surface area contributed by atoms with Crippen LogP contribution in [0.25, 0.3) is 0 Å². The number of benzene rings is 1. The summed E-state index contributed by atoms with van der Waals surface area (Å²) in [6.45, 7) is 5.13. The van der Waals surface area contributed by atoms with E-state index in [1.165, 1.54) is 0 Å². The van der Waals surface area contributed by atoms with Gasteiger partial charge in [0.15, 0.2) is 0 Å². The van der Waals surface area contributed by atoms with Crippen molar-refractivity contribution in [2.45, 2.75) is 26.7 Å². The van der Waals surface area contributed by atoms with Crippen molar-refractivity contribution < 1.29 is 9.90 Å². The van der Waals surface area contributed by atoms with Gasteiger partial charge in [0.25, 0.3) is 0 Å². The maximum atomic E-state index is 11.0. The molecule has 0 aliphatic heterocycles. The van der Waals surface area contributed by atoms with Crippen LogP contribution in [0.5, 0.6) is 0 Å². The molecule has 1 aromatic carbocycles. The summed E-state index contributed by atoms with van der Waals surface area (Å²) in [7, 11) is 0. The van der Waals surface area contributed by atoms with Crippen LogP contribution < -0.4 is 5.32 Å². The molecule has 2 N–H and O–H groups in total. The predicted octanol–water partition coefficient (Wildman–Crippen LogP) is 3.23. The monoisotopic (exact) mass is 221 g/mol. The third-order valence-electron chi connectivity index (χ3n) is 2.89. The number of anilines is 1. The summed E-state index contributed by atoms with van der Waals surface area (Å²) >= 11 is 0. The quantitative estimate of drug-likeness (QED) is 0.775. The lowest BCUT2D eigenvalue weighted by atomic mass is 10.0. The van der Waals surface area contributed by atoms with E-state index in [1.54, 1.807) is 12.1 Å². The zero-order valence-corrected chi connectivity index (χ0v) is 9.86. The number of hydrogen-bond acceptors (Lipinski definition) is 2. The average molecular weight is 221 g/mol. The van der Waals surface area contributed by atoms with Gasteiger partial charge in [-0.1, -0.05) is 38.8 Å². The Labute approximate surface area is 96.5 Å². The predicted molar refractivity (Wildman–Crippen MR) is 66.0 cm³/mol. The summed E-state index contributed by atoms with van der Waals surface area (Å²) in [6, 6.07) is 7.02. The van der Waals surface area contributed by atoms with E-state index in [0.29, 0.717) is 17.2 Å². The fourth-order valence-corrected chi connectivity index (χ4v) is 1.66. The van der Waals surface area contributed by atoms with Crippen molar-refractivity contribution in [2.75, 3.05) is 11.9 Å². The van der Waals surface area contributed by atoms with E-state index in [2.05, 4.69) is 19.2 Å². The summed E-state index contributed by atoms with van der Waals surface area (Å²) in [4.78, 5) is 11.0. The fraction of sp³-hybridized carbons (Fsp3) is 0.462. The Hall–Kier alpha value is -1.51. The van der Waals surface area contributed by atoms with E-state index in [1.807, 2.05) is 12.1 Å². The molecule has 0 atom stereocenters. The van der Waals surface area contributed by atoms with Crippen molar-refractivity contribution in [3.8, 4) is 0 Å². The first kappa shape index (κ1) is 12.6. The zero-order valence-electron chi connectivity index (χ0n) is 9.86. The standard InChI is InChI=1S/C13H19NO2/c1-3-10(4-2)9-14-12-8-6-5-7-11(12)13(15)16/h5-8,10,14H,3-4,9H2,1-2H3,(H,15,16). The molecule has 0 aliphatic rings. The first-order chi connectivity index (χ1) is 7.69. The normalized spacial score (nSPS) is 10.4. The minimum Gasteiger partial charge on any atom is -0.478 e. The van der Waals surface area contributed by atoms with Gasteiger partial charge in [-0.25, -0.2) is 4.79 Å². The van der Waals surface area contributed by atoms with Gasteiger partial charge in [-0.3, -0.25) is 0 Å². The number of carboxylic acid groups (broad SMARTS) is 1. The SMILES string of the molecule is CCC(CC)CNc1ccccc1C(=O)O. The molecule has 0 saturated carbocycles. The van der Waals surface area contributed by atoms with Gasteiger partial charge < -0.3 is 10.4 Å². The Bertz CT molecular complexity index is 346. The van der Waals surface area contributed by atoms with Gasteiger partial charge in [-0.2, -0.15) is 0 Å². The van der Waals surface area contributed by atoms with Crippen molar-refractivity contribution in [3.05, 3.63) is 29.8 Å². The van der Waals surface area contributed by atoms with Gasteiger partial charge in [0, 0.05) is 12.2 Å². The van der Waals surface area contributed by atoms with Gasteiger partial charge in [0.05, 0.1) is 5.56 Å². The number of hydrogen-bond donors (Lipinski definition) is 2. The minimum atomic E-state index is -0.882. The summed E-state index contributed by atoms with van der Waals surface area (Å²) in [5, 5.41) is 12.2. The third kappa shape index (κ3) is 3.26. The molecule has 1 rings (SSSR count). The summed E-state index contributed by atoms with van der Waals surface area (Å²) < 4.78 is 0. The van der Waals surface area contributed by atoms with E-state index in [-0.39, 0.29) is 0 Å². The van der Waals surface area contributed by atoms with Crippen LogP contribution in [-0.2, 0) is 0 Å². The van der Waals surface area contributed by atoms with Crippen molar-refractivity contribution in [3.63, 3.8) is 0 Å². The largest absolute Gasteiger partial charge is 0.478 e. The number of carboxylic acids is 1. The summed E-state index contributed by atoms with van der Waals surface area (Å²) in [6.07, 6.45) is 2.22. The zero-order chi connectivity index (χ0) is 12.0. The fourth-order valence-electron chi connectivity index (χ4n) is 1.66. The second-order valence-corrected chi connectivity index (χ2v) is 3.91. The van der Waals surface area contributed by atoms with Crippen molar-refractivity contribution >= 4 is 11.7 Å². The van der Waals surface area contributed by atoms with Gasteiger partial charge in [-0.05, 0) is 18.1 Å².